The Kier molecular flexibility index (Phi) is 4.00. The summed E-state index contributed by atoms with van der Waals surface area (Å²) in [6.45, 7) is 3.46. The molecule has 1 atom stereocenters. The van der Waals surface area contributed by atoms with Gasteiger partial charge in [-0.15, -0.1) is 0 Å². The van der Waals surface area contributed by atoms with Gasteiger partial charge in [0.1, 0.15) is 5.82 Å². The smallest absolute Gasteiger partial charge is 0.123 e. The van der Waals surface area contributed by atoms with Gasteiger partial charge in [0.2, 0.25) is 0 Å². The van der Waals surface area contributed by atoms with Gasteiger partial charge in [0.05, 0.1) is 6.10 Å². The van der Waals surface area contributed by atoms with Crippen LogP contribution in [0.1, 0.15) is 30.1 Å². The van der Waals surface area contributed by atoms with E-state index in [1.54, 1.807) is 6.07 Å². The molecule has 0 bridgehead atoms. The number of benzene rings is 1. The lowest BCUT2D eigenvalue weighted by Crippen LogP contribution is -2.41. The Morgan fingerprint density at radius 1 is 1.44 bits per heavy atom. The maximum atomic E-state index is 13.1. The third kappa shape index (κ3) is 2.41. The highest BCUT2D eigenvalue weighted by Crippen LogP contribution is 2.42. The van der Waals surface area contributed by atoms with E-state index in [0.29, 0.717) is 19.8 Å². The van der Waals surface area contributed by atoms with Gasteiger partial charge in [0.25, 0.3) is 0 Å². The Balaban J connectivity index is 2.30. The van der Waals surface area contributed by atoms with E-state index in [2.05, 4.69) is 0 Å². The zero-order valence-corrected chi connectivity index (χ0v) is 10.7. The van der Waals surface area contributed by atoms with Gasteiger partial charge in [0.15, 0.2) is 0 Å². The van der Waals surface area contributed by atoms with E-state index >= 15 is 0 Å². The normalized spacial score (nSPS) is 20.7. The average molecular weight is 253 g/mol. The van der Waals surface area contributed by atoms with Crippen molar-refractivity contribution in [1.29, 1.82) is 0 Å². The number of aryl methyl sites for hydroxylation is 1. The third-order valence-corrected chi connectivity index (χ3v) is 4.00. The highest BCUT2D eigenvalue weighted by Gasteiger charge is 2.39. The van der Waals surface area contributed by atoms with E-state index in [1.165, 1.54) is 12.1 Å². The number of ether oxygens (including phenoxy) is 1. The number of rotatable bonds is 3. The first kappa shape index (κ1) is 13.5. The molecular weight excluding hydrogens is 233 g/mol. The number of hydrogen-bond acceptors (Lipinski definition) is 3. The number of aliphatic hydroxyl groups is 1. The molecule has 100 valence electrons. The van der Waals surface area contributed by atoms with Crippen LogP contribution in [0.25, 0.3) is 0 Å². The second-order valence-electron chi connectivity index (χ2n) is 5.08. The van der Waals surface area contributed by atoms with Gasteiger partial charge in [-0.25, -0.2) is 4.39 Å². The standard InChI is InChI=1S/C14H20FNO2/c1-10-8-11(15)2-3-12(10)13(17)14(9-16)4-6-18-7-5-14/h2-3,8,13,17H,4-7,9,16H2,1H3. The Morgan fingerprint density at radius 2 is 2.11 bits per heavy atom. The molecule has 1 aromatic rings. The molecule has 0 aromatic heterocycles. The fraction of sp³-hybridized carbons (Fsp3) is 0.571. The highest BCUT2D eigenvalue weighted by molar-refractivity contribution is 5.30. The van der Waals surface area contributed by atoms with E-state index in [-0.39, 0.29) is 11.2 Å². The average Bonchev–Trinajstić information content (AvgIpc) is 2.39. The zero-order valence-electron chi connectivity index (χ0n) is 10.7. The minimum Gasteiger partial charge on any atom is -0.388 e. The number of aliphatic hydroxyl groups excluding tert-OH is 1. The molecule has 1 fully saturated rings. The lowest BCUT2D eigenvalue weighted by Gasteiger charge is -2.40. The highest BCUT2D eigenvalue weighted by atomic mass is 19.1. The van der Waals surface area contributed by atoms with Crippen molar-refractivity contribution < 1.29 is 14.2 Å². The van der Waals surface area contributed by atoms with Gasteiger partial charge in [-0.2, -0.15) is 0 Å². The molecule has 1 saturated heterocycles. The predicted octanol–water partition coefficient (Wildman–Crippen LogP) is 1.92. The molecule has 3 nitrogen and oxygen atoms in total. The number of nitrogens with two attached hydrogens (primary N) is 1. The minimum atomic E-state index is -0.660. The monoisotopic (exact) mass is 253 g/mol. The Labute approximate surface area is 107 Å². The van der Waals surface area contributed by atoms with Crippen molar-refractivity contribution in [3.63, 3.8) is 0 Å². The summed E-state index contributed by atoms with van der Waals surface area (Å²) in [5.74, 6) is -0.280. The van der Waals surface area contributed by atoms with Crippen LogP contribution in [0.4, 0.5) is 4.39 Å². The molecule has 18 heavy (non-hydrogen) atoms. The van der Waals surface area contributed by atoms with Gasteiger partial charge in [0, 0.05) is 25.2 Å². The summed E-state index contributed by atoms with van der Waals surface area (Å²) in [6, 6.07) is 4.49. The predicted molar refractivity (Wildman–Crippen MR) is 67.6 cm³/mol. The lowest BCUT2D eigenvalue weighted by atomic mass is 9.72. The van der Waals surface area contributed by atoms with Crippen LogP contribution in [0.15, 0.2) is 18.2 Å². The quantitative estimate of drug-likeness (QED) is 0.865. The molecule has 2 rings (SSSR count). The van der Waals surface area contributed by atoms with Crippen molar-refractivity contribution in [1.82, 2.24) is 0 Å². The van der Waals surface area contributed by atoms with Crippen molar-refractivity contribution in [2.75, 3.05) is 19.8 Å². The largest absolute Gasteiger partial charge is 0.388 e. The summed E-state index contributed by atoms with van der Waals surface area (Å²) < 4.78 is 18.4. The van der Waals surface area contributed by atoms with Crippen LogP contribution in [0.2, 0.25) is 0 Å². The summed E-state index contributed by atoms with van der Waals surface area (Å²) in [5, 5.41) is 10.6. The fourth-order valence-corrected chi connectivity index (χ4v) is 2.64. The van der Waals surface area contributed by atoms with E-state index in [1.807, 2.05) is 6.92 Å². The Bertz CT molecular complexity index is 416. The molecule has 1 heterocycles. The molecule has 1 aliphatic rings. The molecule has 0 amide bonds. The van der Waals surface area contributed by atoms with Crippen molar-refractivity contribution in [2.45, 2.75) is 25.9 Å². The third-order valence-electron chi connectivity index (χ3n) is 4.00. The summed E-state index contributed by atoms with van der Waals surface area (Å²) in [5.41, 5.74) is 7.05. The first-order valence-corrected chi connectivity index (χ1v) is 6.31. The summed E-state index contributed by atoms with van der Waals surface area (Å²) >= 11 is 0. The molecule has 0 radical (unpaired) electrons. The Hall–Kier alpha value is -0.970. The molecule has 0 saturated carbocycles. The zero-order chi connectivity index (χ0) is 13.2. The van der Waals surface area contributed by atoms with E-state index in [0.717, 1.165) is 24.0 Å². The topological polar surface area (TPSA) is 55.5 Å². The molecule has 1 unspecified atom stereocenters. The summed E-state index contributed by atoms with van der Waals surface area (Å²) in [6.07, 6.45) is 0.815. The van der Waals surface area contributed by atoms with Crippen molar-refractivity contribution in [3.8, 4) is 0 Å². The van der Waals surface area contributed by atoms with Crippen molar-refractivity contribution >= 4 is 0 Å². The van der Waals surface area contributed by atoms with E-state index in [4.69, 9.17) is 10.5 Å². The maximum Gasteiger partial charge on any atom is 0.123 e. The van der Waals surface area contributed by atoms with Crippen LogP contribution in [0, 0.1) is 18.2 Å². The molecule has 3 N–H and O–H groups in total. The SMILES string of the molecule is Cc1cc(F)ccc1C(O)C1(CN)CCOCC1. The van der Waals surface area contributed by atoms with Crippen LogP contribution < -0.4 is 5.73 Å². The first-order chi connectivity index (χ1) is 8.59. The van der Waals surface area contributed by atoms with E-state index < -0.39 is 6.10 Å². The Morgan fingerprint density at radius 3 is 2.67 bits per heavy atom. The number of hydrogen-bond donors (Lipinski definition) is 2. The first-order valence-electron chi connectivity index (χ1n) is 6.31. The molecule has 1 aromatic carbocycles. The van der Waals surface area contributed by atoms with Crippen LogP contribution in [0.3, 0.4) is 0 Å². The van der Waals surface area contributed by atoms with Crippen LogP contribution in [0.5, 0.6) is 0 Å². The van der Waals surface area contributed by atoms with Gasteiger partial charge in [-0.05, 0) is 43.0 Å². The second kappa shape index (κ2) is 5.34. The minimum absolute atomic E-state index is 0.280. The molecule has 4 heteroatoms. The fourth-order valence-electron chi connectivity index (χ4n) is 2.64. The van der Waals surface area contributed by atoms with Gasteiger partial charge in [-0.1, -0.05) is 6.07 Å². The van der Waals surface area contributed by atoms with Crippen LogP contribution in [-0.2, 0) is 4.74 Å². The van der Waals surface area contributed by atoms with Crippen molar-refractivity contribution in [2.24, 2.45) is 11.1 Å². The summed E-state index contributed by atoms with van der Waals surface area (Å²) in [4.78, 5) is 0. The number of halogens is 1. The molecular formula is C14H20FNO2. The van der Waals surface area contributed by atoms with Gasteiger partial charge >= 0.3 is 0 Å². The van der Waals surface area contributed by atoms with Crippen LogP contribution >= 0.6 is 0 Å². The van der Waals surface area contributed by atoms with Crippen molar-refractivity contribution in [3.05, 3.63) is 35.1 Å². The molecule has 0 spiro atoms. The molecule has 0 aliphatic carbocycles. The van der Waals surface area contributed by atoms with Gasteiger partial charge in [-0.3, -0.25) is 0 Å². The lowest BCUT2D eigenvalue weighted by molar-refractivity contribution is -0.0583. The van der Waals surface area contributed by atoms with Gasteiger partial charge < -0.3 is 15.6 Å². The van der Waals surface area contributed by atoms with E-state index in [9.17, 15) is 9.50 Å². The van der Waals surface area contributed by atoms with Crippen LogP contribution in [-0.4, -0.2) is 24.9 Å². The second-order valence-corrected chi connectivity index (χ2v) is 5.08. The maximum absolute atomic E-state index is 13.1. The molecule has 1 aliphatic heterocycles. The summed E-state index contributed by atoms with van der Waals surface area (Å²) in [7, 11) is 0.